The number of phenolic OH excluding ortho intramolecular Hbond substituents is 1. The minimum atomic E-state index is -1.56. The van der Waals surface area contributed by atoms with E-state index in [1.807, 2.05) is 51.1 Å². The molecule has 1 heterocycles. The Bertz CT molecular complexity index is 1020. The van der Waals surface area contributed by atoms with Crippen molar-refractivity contribution >= 4 is 29.5 Å². The zero-order valence-electron chi connectivity index (χ0n) is 19.5. The molecular weight excluding hydrogens is 454 g/mol. The fraction of sp³-hybridized carbons (Fsp3) is 0.400. The molecule has 9 heteroatoms. The minimum Gasteiger partial charge on any atom is -0.508 e. The van der Waals surface area contributed by atoms with E-state index in [2.05, 4.69) is 10.6 Å². The van der Waals surface area contributed by atoms with Gasteiger partial charge in [0, 0.05) is 16.9 Å². The summed E-state index contributed by atoms with van der Waals surface area (Å²) in [6.45, 7) is 5.59. The average Bonchev–Trinajstić information content (AvgIpc) is 3.27. The first-order chi connectivity index (χ1) is 16.0. The van der Waals surface area contributed by atoms with Crippen molar-refractivity contribution < 1.29 is 24.6 Å². The summed E-state index contributed by atoms with van der Waals surface area (Å²) in [6, 6.07) is 13.4. The van der Waals surface area contributed by atoms with Gasteiger partial charge in [-0.05, 0) is 51.0 Å². The fourth-order valence-corrected chi connectivity index (χ4v) is 4.84. The number of aliphatic hydroxyl groups excluding tert-OH is 1. The molecule has 1 fully saturated rings. The molecule has 0 radical (unpaired) electrons. The van der Waals surface area contributed by atoms with Gasteiger partial charge in [0.1, 0.15) is 11.8 Å². The van der Waals surface area contributed by atoms with E-state index < -0.39 is 35.5 Å². The SMILES string of the molecule is CC(C)(C)NC(=O)[C@@H]1CSCN1C(=O)[C@@H](O)[C@H](Cc1ccccc1)NC(=O)c1cccc(O)c1. The Morgan fingerprint density at radius 3 is 2.47 bits per heavy atom. The summed E-state index contributed by atoms with van der Waals surface area (Å²) in [6.07, 6.45) is -1.36. The average molecular weight is 486 g/mol. The van der Waals surface area contributed by atoms with Gasteiger partial charge in [0.2, 0.25) is 5.91 Å². The van der Waals surface area contributed by atoms with Crippen molar-refractivity contribution in [1.82, 2.24) is 15.5 Å². The number of amides is 3. The summed E-state index contributed by atoms with van der Waals surface area (Å²) >= 11 is 1.44. The summed E-state index contributed by atoms with van der Waals surface area (Å²) in [5.74, 6) is -0.777. The van der Waals surface area contributed by atoms with Gasteiger partial charge in [-0.1, -0.05) is 36.4 Å². The first-order valence-electron chi connectivity index (χ1n) is 11.1. The van der Waals surface area contributed by atoms with Crippen molar-refractivity contribution in [3.63, 3.8) is 0 Å². The normalized spacial score (nSPS) is 17.6. The molecule has 34 heavy (non-hydrogen) atoms. The highest BCUT2D eigenvalue weighted by atomic mass is 32.2. The van der Waals surface area contributed by atoms with E-state index in [1.54, 1.807) is 0 Å². The molecule has 0 saturated carbocycles. The van der Waals surface area contributed by atoms with Crippen LogP contribution in [0.4, 0.5) is 0 Å². The van der Waals surface area contributed by atoms with Crippen LogP contribution in [0.25, 0.3) is 0 Å². The van der Waals surface area contributed by atoms with Crippen molar-refractivity contribution in [2.24, 2.45) is 0 Å². The molecule has 3 atom stereocenters. The smallest absolute Gasteiger partial charge is 0.254 e. The predicted octanol–water partition coefficient (Wildman–Crippen LogP) is 1.91. The van der Waals surface area contributed by atoms with Crippen LogP contribution < -0.4 is 10.6 Å². The molecule has 3 amide bonds. The van der Waals surface area contributed by atoms with Crippen LogP contribution in [0.2, 0.25) is 0 Å². The Kier molecular flexibility index (Phi) is 8.22. The Morgan fingerprint density at radius 2 is 1.82 bits per heavy atom. The number of nitrogens with zero attached hydrogens (tertiary/aromatic N) is 1. The van der Waals surface area contributed by atoms with Gasteiger partial charge < -0.3 is 25.7 Å². The van der Waals surface area contributed by atoms with Crippen LogP contribution in [0.3, 0.4) is 0 Å². The topological polar surface area (TPSA) is 119 Å². The molecule has 182 valence electrons. The predicted molar refractivity (Wildman–Crippen MR) is 131 cm³/mol. The van der Waals surface area contributed by atoms with Crippen LogP contribution in [-0.2, 0) is 16.0 Å². The van der Waals surface area contributed by atoms with E-state index in [0.29, 0.717) is 5.75 Å². The zero-order chi connectivity index (χ0) is 24.9. The number of carbonyl (C=O) groups excluding carboxylic acids is 3. The van der Waals surface area contributed by atoms with E-state index in [4.69, 9.17) is 0 Å². The van der Waals surface area contributed by atoms with Crippen molar-refractivity contribution in [2.45, 2.75) is 50.9 Å². The molecule has 0 bridgehead atoms. The Morgan fingerprint density at radius 1 is 1.12 bits per heavy atom. The summed E-state index contributed by atoms with van der Waals surface area (Å²) in [4.78, 5) is 40.3. The molecule has 8 nitrogen and oxygen atoms in total. The summed E-state index contributed by atoms with van der Waals surface area (Å²) < 4.78 is 0. The number of hydrogen-bond acceptors (Lipinski definition) is 6. The number of phenols is 1. The molecule has 4 N–H and O–H groups in total. The standard InChI is InChI=1S/C25H31N3O5S/c1-25(2,3)27-23(32)20-14-34-15-28(20)24(33)21(30)19(12-16-8-5-4-6-9-16)26-22(31)17-10-7-11-18(29)13-17/h4-11,13,19-21,29-30H,12,14-15H2,1-3H3,(H,26,31)(H,27,32)/t19-,20-,21-/m0/s1. The number of carbonyl (C=O) groups is 3. The van der Waals surface area contributed by atoms with Gasteiger partial charge in [0.25, 0.3) is 11.8 Å². The van der Waals surface area contributed by atoms with Gasteiger partial charge in [-0.3, -0.25) is 14.4 Å². The molecule has 1 saturated heterocycles. The highest BCUT2D eigenvalue weighted by Crippen LogP contribution is 2.24. The molecule has 2 aromatic carbocycles. The third-order valence-electron chi connectivity index (χ3n) is 5.32. The molecule has 1 aliphatic rings. The summed E-state index contributed by atoms with van der Waals surface area (Å²) in [7, 11) is 0. The fourth-order valence-electron chi connectivity index (χ4n) is 3.68. The minimum absolute atomic E-state index is 0.0642. The Hall–Kier alpha value is -3.04. The second-order valence-corrected chi connectivity index (χ2v) is 10.3. The van der Waals surface area contributed by atoms with E-state index in [0.717, 1.165) is 5.56 Å². The van der Waals surface area contributed by atoms with Crippen LogP contribution in [0, 0.1) is 0 Å². The zero-order valence-corrected chi connectivity index (χ0v) is 20.3. The molecule has 0 aliphatic carbocycles. The number of benzene rings is 2. The highest BCUT2D eigenvalue weighted by Gasteiger charge is 2.40. The van der Waals surface area contributed by atoms with Crippen LogP contribution in [0.5, 0.6) is 5.75 Å². The van der Waals surface area contributed by atoms with Crippen molar-refractivity contribution in [3.05, 3.63) is 65.7 Å². The van der Waals surface area contributed by atoms with Gasteiger partial charge >= 0.3 is 0 Å². The van der Waals surface area contributed by atoms with Gasteiger partial charge in [0.05, 0.1) is 11.9 Å². The molecule has 0 aromatic heterocycles. The van der Waals surface area contributed by atoms with Crippen molar-refractivity contribution in [3.8, 4) is 5.75 Å². The second-order valence-electron chi connectivity index (χ2n) is 9.33. The first kappa shape index (κ1) is 25.6. The Balaban J connectivity index is 1.80. The number of nitrogens with one attached hydrogen (secondary N) is 2. The number of aliphatic hydroxyl groups is 1. The van der Waals surface area contributed by atoms with Crippen molar-refractivity contribution in [2.75, 3.05) is 11.6 Å². The van der Waals surface area contributed by atoms with Crippen LogP contribution in [0.1, 0.15) is 36.7 Å². The maximum atomic E-state index is 13.3. The highest BCUT2D eigenvalue weighted by molar-refractivity contribution is 7.99. The van der Waals surface area contributed by atoms with E-state index in [-0.39, 0.29) is 29.5 Å². The summed E-state index contributed by atoms with van der Waals surface area (Å²) in [5, 5.41) is 26.4. The van der Waals surface area contributed by atoms with Gasteiger partial charge in [0.15, 0.2) is 6.10 Å². The maximum Gasteiger partial charge on any atom is 0.254 e. The van der Waals surface area contributed by atoms with Crippen LogP contribution >= 0.6 is 11.8 Å². The van der Waals surface area contributed by atoms with E-state index >= 15 is 0 Å². The summed E-state index contributed by atoms with van der Waals surface area (Å²) in [5.41, 5.74) is 0.577. The third kappa shape index (κ3) is 6.74. The second kappa shape index (κ2) is 10.9. The monoisotopic (exact) mass is 485 g/mol. The quantitative estimate of drug-likeness (QED) is 0.476. The molecule has 0 unspecified atom stereocenters. The van der Waals surface area contributed by atoms with Crippen LogP contribution in [-0.4, -0.2) is 68.2 Å². The molecular formula is C25H31N3O5S. The lowest BCUT2D eigenvalue weighted by atomic mass is 9.99. The number of thioether (sulfide) groups is 1. The maximum absolute atomic E-state index is 13.3. The Labute approximate surface area is 203 Å². The number of aromatic hydroxyl groups is 1. The van der Waals surface area contributed by atoms with E-state index in [1.165, 1.54) is 40.9 Å². The lowest BCUT2D eigenvalue weighted by Gasteiger charge is -2.31. The van der Waals surface area contributed by atoms with Gasteiger partial charge in [-0.2, -0.15) is 0 Å². The van der Waals surface area contributed by atoms with Gasteiger partial charge in [-0.25, -0.2) is 0 Å². The molecule has 0 spiro atoms. The molecule has 3 rings (SSSR count). The lowest BCUT2D eigenvalue weighted by molar-refractivity contribution is -0.146. The van der Waals surface area contributed by atoms with E-state index in [9.17, 15) is 24.6 Å². The third-order valence-corrected chi connectivity index (χ3v) is 6.34. The lowest BCUT2D eigenvalue weighted by Crippen LogP contribution is -2.57. The molecule has 2 aromatic rings. The van der Waals surface area contributed by atoms with Crippen LogP contribution in [0.15, 0.2) is 54.6 Å². The largest absolute Gasteiger partial charge is 0.508 e. The first-order valence-corrected chi connectivity index (χ1v) is 12.2. The number of rotatable bonds is 7. The molecule has 1 aliphatic heterocycles. The number of hydrogen-bond donors (Lipinski definition) is 4. The van der Waals surface area contributed by atoms with Gasteiger partial charge in [-0.15, -0.1) is 11.8 Å². The van der Waals surface area contributed by atoms with Crippen molar-refractivity contribution in [1.29, 1.82) is 0 Å².